The fraction of sp³-hybridized carbons (Fsp3) is 0.636. The number of sulfonamides is 1. The molecule has 0 amide bonds. The highest BCUT2D eigenvalue weighted by Gasteiger charge is 2.55. The van der Waals surface area contributed by atoms with Crippen molar-refractivity contribution in [1.82, 2.24) is 9.21 Å². The van der Waals surface area contributed by atoms with Crippen molar-refractivity contribution in [3.05, 3.63) is 22.4 Å². The minimum Gasteiger partial charge on any atom is -0.291 e. The normalized spacial score (nSPS) is 24.5. The summed E-state index contributed by atoms with van der Waals surface area (Å²) in [5.41, 5.74) is 1.48. The van der Waals surface area contributed by atoms with Crippen LogP contribution >= 0.6 is 11.3 Å². The largest absolute Gasteiger partial charge is 0.291 e. The molecule has 0 aliphatic carbocycles. The molecule has 2 fully saturated rings. The summed E-state index contributed by atoms with van der Waals surface area (Å²) in [5, 5.41) is 4.25. The first-order chi connectivity index (χ1) is 8.00. The molecule has 1 aromatic rings. The van der Waals surface area contributed by atoms with Crippen LogP contribution in [-0.4, -0.2) is 49.1 Å². The summed E-state index contributed by atoms with van der Waals surface area (Å²) < 4.78 is 24.3. The van der Waals surface area contributed by atoms with Gasteiger partial charge in [-0.1, -0.05) is 0 Å². The van der Waals surface area contributed by atoms with Crippen molar-refractivity contribution in [2.45, 2.75) is 18.5 Å². The predicted molar refractivity (Wildman–Crippen MR) is 68.5 cm³/mol. The van der Waals surface area contributed by atoms with Crippen LogP contribution in [0.25, 0.3) is 0 Å². The highest BCUT2D eigenvalue weighted by Crippen LogP contribution is 2.41. The SMILES string of the molecule is CS(=O)(=O)N1CC2(CCN2Cc2ccsc2)C1. The van der Waals surface area contributed by atoms with Crippen molar-refractivity contribution < 1.29 is 8.42 Å². The molecule has 2 aliphatic heterocycles. The molecule has 0 bridgehead atoms. The quantitative estimate of drug-likeness (QED) is 0.823. The summed E-state index contributed by atoms with van der Waals surface area (Å²) in [6.45, 7) is 3.40. The maximum Gasteiger partial charge on any atom is 0.211 e. The molecule has 17 heavy (non-hydrogen) atoms. The molecule has 4 nitrogen and oxygen atoms in total. The van der Waals surface area contributed by atoms with Crippen LogP contribution < -0.4 is 0 Å². The zero-order chi connectivity index (χ0) is 12.1. The van der Waals surface area contributed by atoms with Crippen molar-refractivity contribution in [3.63, 3.8) is 0 Å². The molecule has 0 aromatic carbocycles. The molecule has 0 N–H and O–H groups in total. The highest BCUT2D eigenvalue weighted by molar-refractivity contribution is 7.88. The smallest absolute Gasteiger partial charge is 0.211 e. The fourth-order valence-electron chi connectivity index (χ4n) is 2.64. The first-order valence-electron chi connectivity index (χ1n) is 5.71. The van der Waals surface area contributed by atoms with Crippen LogP contribution in [0.15, 0.2) is 16.8 Å². The summed E-state index contributed by atoms with van der Waals surface area (Å²) >= 11 is 1.71. The molecule has 0 saturated carbocycles. The molecule has 1 aromatic heterocycles. The van der Waals surface area contributed by atoms with Crippen LogP contribution in [0.2, 0.25) is 0 Å². The van der Waals surface area contributed by atoms with Gasteiger partial charge in [0.15, 0.2) is 0 Å². The average molecular weight is 272 g/mol. The maximum absolute atomic E-state index is 11.4. The predicted octanol–water partition coefficient (Wildman–Crippen LogP) is 0.968. The Morgan fingerprint density at radius 3 is 2.71 bits per heavy atom. The van der Waals surface area contributed by atoms with Gasteiger partial charge in [-0.25, -0.2) is 8.42 Å². The standard InChI is InChI=1S/C11H16N2O2S2/c1-17(14,15)13-8-11(9-13)3-4-12(11)6-10-2-5-16-7-10/h2,5,7H,3-4,6,8-9H2,1H3. The topological polar surface area (TPSA) is 40.6 Å². The van der Waals surface area contributed by atoms with Crippen molar-refractivity contribution in [3.8, 4) is 0 Å². The first-order valence-corrected chi connectivity index (χ1v) is 8.50. The molecule has 0 unspecified atom stereocenters. The lowest BCUT2D eigenvalue weighted by Gasteiger charge is -2.61. The van der Waals surface area contributed by atoms with Gasteiger partial charge in [-0.15, -0.1) is 0 Å². The van der Waals surface area contributed by atoms with Crippen LogP contribution in [-0.2, 0) is 16.6 Å². The molecule has 1 spiro atoms. The lowest BCUT2D eigenvalue weighted by Crippen LogP contribution is -2.76. The van der Waals surface area contributed by atoms with Gasteiger partial charge in [0.05, 0.1) is 11.8 Å². The Morgan fingerprint density at radius 2 is 2.24 bits per heavy atom. The first kappa shape index (κ1) is 11.6. The van der Waals surface area contributed by atoms with Gasteiger partial charge < -0.3 is 0 Å². The summed E-state index contributed by atoms with van der Waals surface area (Å²) in [4.78, 5) is 2.41. The summed E-state index contributed by atoms with van der Waals surface area (Å²) in [7, 11) is -2.99. The average Bonchev–Trinajstić information content (AvgIpc) is 2.60. The van der Waals surface area contributed by atoms with E-state index >= 15 is 0 Å². The lowest BCUT2D eigenvalue weighted by molar-refractivity contribution is -0.0968. The third-order valence-electron chi connectivity index (χ3n) is 3.88. The van der Waals surface area contributed by atoms with Crippen LogP contribution in [0, 0.1) is 0 Å². The van der Waals surface area contributed by atoms with E-state index in [0.717, 1.165) is 19.5 Å². The third-order valence-corrected chi connectivity index (χ3v) is 5.81. The summed E-state index contributed by atoms with van der Waals surface area (Å²) in [6.07, 6.45) is 2.42. The number of likely N-dealkylation sites (tertiary alicyclic amines) is 1. The second-order valence-corrected chi connectivity index (χ2v) is 7.82. The van der Waals surface area contributed by atoms with E-state index in [1.54, 1.807) is 15.6 Å². The van der Waals surface area contributed by atoms with E-state index in [1.807, 2.05) is 0 Å². The number of thiophene rings is 1. The van der Waals surface area contributed by atoms with Gasteiger partial charge in [-0.2, -0.15) is 15.6 Å². The van der Waals surface area contributed by atoms with Gasteiger partial charge in [0, 0.05) is 26.2 Å². The molecule has 3 rings (SSSR count). The number of nitrogens with zero attached hydrogens (tertiary/aromatic N) is 2. The zero-order valence-electron chi connectivity index (χ0n) is 9.80. The molecule has 2 aliphatic rings. The zero-order valence-corrected chi connectivity index (χ0v) is 11.4. The molecule has 0 radical (unpaired) electrons. The van der Waals surface area contributed by atoms with E-state index in [2.05, 4.69) is 21.7 Å². The van der Waals surface area contributed by atoms with E-state index in [0.29, 0.717) is 13.1 Å². The minimum atomic E-state index is -2.99. The molecule has 3 heterocycles. The number of rotatable bonds is 3. The Morgan fingerprint density at radius 1 is 1.47 bits per heavy atom. The fourth-order valence-corrected chi connectivity index (χ4v) is 4.25. The van der Waals surface area contributed by atoms with Crippen LogP contribution in [0.5, 0.6) is 0 Å². The second kappa shape index (κ2) is 3.78. The molecule has 6 heteroatoms. The maximum atomic E-state index is 11.4. The summed E-state index contributed by atoms with van der Waals surface area (Å²) in [6, 6.07) is 2.14. The number of hydrogen-bond donors (Lipinski definition) is 0. The Hall–Kier alpha value is -0.430. The molecular formula is C11H16N2O2S2. The van der Waals surface area contributed by atoms with Gasteiger partial charge in [-0.05, 0) is 28.8 Å². The summed E-state index contributed by atoms with van der Waals surface area (Å²) in [5.74, 6) is 0. The van der Waals surface area contributed by atoms with Crippen molar-refractivity contribution in [2.75, 3.05) is 25.9 Å². The van der Waals surface area contributed by atoms with Gasteiger partial charge in [0.25, 0.3) is 0 Å². The Bertz CT molecular complexity index is 504. The van der Waals surface area contributed by atoms with Gasteiger partial charge in [0.2, 0.25) is 10.0 Å². The van der Waals surface area contributed by atoms with Crippen LogP contribution in [0.3, 0.4) is 0 Å². The molecule has 0 atom stereocenters. The van der Waals surface area contributed by atoms with E-state index in [-0.39, 0.29) is 5.54 Å². The molecular weight excluding hydrogens is 256 g/mol. The second-order valence-electron chi connectivity index (χ2n) is 5.06. The Balaban J connectivity index is 1.64. The Kier molecular flexibility index (Phi) is 2.59. The van der Waals surface area contributed by atoms with Crippen LogP contribution in [0.4, 0.5) is 0 Å². The van der Waals surface area contributed by atoms with Gasteiger partial charge in [-0.3, -0.25) is 4.90 Å². The van der Waals surface area contributed by atoms with E-state index < -0.39 is 10.0 Å². The molecule has 94 valence electrons. The van der Waals surface area contributed by atoms with E-state index in [1.165, 1.54) is 11.8 Å². The molecule has 2 saturated heterocycles. The van der Waals surface area contributed by atoms with E-state index in [4.69, 9.17) is 0 Å². The van der Waals surface area contributed by atoms with Crippen molar-refractivity contribution >= 4 is 21.4 Å². The minimum absolute atomic E-state index is 0.144. The third kappa shape index (κ3) is 1.93. The monoisotopic (exact) mass is 272 g/mol. The van der Waals surface area contributed by atoms with Crippen molar-refractivity contribution in [2.24, 2.45) is 0 Å². The van der Waals surface area contributed by atoms with E-state index in [9.17, 15) is 8.42 Å². The van der Waals surface area contributed by atoms with Gasteiger partial charge in [0.1, 0.15) is 0 Å². The lowest BCUT2D eigenvalue weighted by atomic mass is 9.79. The Labute approximate surface area is 106 Å². The van der Waals surface area contributed by atoms with Crippen LogP contribution in [0.1, 0.15) is 12.0 Å². The number of hydrogen-bond acceptors (Lipinski definition) is 4. The van der Waals surface area contributed by atoms with Crippen molar-refractivity contribution in [1.29, 1.82) is 0 Å². The highest BCUT2D eigenvalue weighted by atomic mass is 32.2. The van der Waals surface area contributed by atoms with Gasteiger partial charge >= 0.3 is 0 Å².